The third-order valence-corrected chi connectivity index (χ3v) is 4.12. The van der Waals surface area contributed by atoms with Crippen molar-refractivity contribution in [2.75, 3.05) is 38.7 Å². The summed E-state index contributed by atoms with van der Waals surface area (Å²) < 4.78 is 22.3. The number of benzene rings is 1. The molecule has 0 spiro atoms. The second-order valence-electron chi connectivity index (χ2n) is 5.35. The Balaban J connectivity index is 0.00000576. The number of guanidine groups is 1. The van der Waals surface area contributed by atoms with E-state index in [2.05, 4.69) is 20.9 Å². The van der Waals surface area contributed by atoms with Crippen LogP contribution in [0.2, 0.25) is 0 Å². The SMILES string of the molecule is CCNC(=NCCS(C)(=O)=O)NCCc1cccc(C(=O)NC)c1.I. The lowest BCUT2D eigenvalue weighted by Crippen LogP contribution is -2.38. The van der Waals surface area contributed by atoms with E-state index in [-0.39, 0.29) is 42.2 Å². The molecule has 1 aromatic rings. The molecule has 142 valence electrons. The summed E-state index contributed by atoms with van der Waals surface area (Å²) in [5.74, 6) is 0.502. The van der Waals surface area contributed by atoms with Crippen LogP contribution in [0.15, 0.2) is 29.3 Å². The second-order valence-corrected chi connectivity index (χ2v) is 7.61. The topological polar surface area (TPSA) is 99.7 Å². The van der Waals surface area contributed by atoms with E-state index in [1.807, 2.05) is 25.1 Å². The molecule has 0 fully saturated rings. The van der Waals surface area contributed by atoms with Crippen molar-refractivity contribution in [2.45, 2.75) is 13.3 Å². The van der Waals surface area contributed by atoms with Gasteiger partial charge in [-0.2, -0.15) is 0 Å². The molecule has 0 bridgehead atoms. The van der Waals surface area contributed by atoms with Crippen LogP contribution in [0.25, 0.3) is 0 Å². The summed E-state index contributed by atoms with van der Waals surface area (Å²) in [6, 6.07) is 7.44. The monoisotopic (exact) mass is 482 g/mol. The summed E-state index contributed by atoms with van der Waals surface area (Å²) in [5, 5.41) is 8.84. The van der Waals surface area contributed by atoms with Crippen LogP contribution < -0.4 is 16.0 Å². The van der Waals surface area contributed by atoms with Crippen molar-refractivity contribution >= 4 is 45.7 Å². The third kappa shape index (κ3) is 10.3. The highest BCUT2D eigenvalue weighted by Crippen LogP contribution is 2.05. The van der Waals surface area contributed by atoms with Crippen LogP contribution >= 0.6 is 24.0 Å². The van der Waals surface area contributed by atoms with Crippen molar-refractivity contribution in [1.29, 1.82) is 0 Å². The smallest absolute Gasteiger partial charge is 0.251 e. The average molecular weight is 482 g/mol. The summed E-state index contributed by atoms with van der Waals surface area (Å²) in [6.07, 6.45) is 1.92. The lowest BCUT2D eigenvalue weighted by Gasteiger charge is -2.11. The van der Waals surface area contributed by atoms with Gasteiger partial charge < -0.3 is 16.0 Å². The van der Waals surface area contributed by atoms with Crippen LogP contribution in [0.5, 0.6) is 0 Å². The molecule has 0 aliphatic rings. The molecule has 7 nitrogen and oxygen atoms in total. The molecule has 1 rings (SSSR count). The highest BCUT2D eigenvalue weighted by molar-refractivity contribution is 14.0. The third-order valence-electron chi connectivity index (χ3n) is 3.20. The highest BCUT2D eigenvalue weighted by Gasteiger charge is 2.05. The molecular weight excluding hydrogens is 455 g/mol. The zero-order valence-corrected chi connectivity index (χ0v) is 18.0. The predicted octanol–water partition coefficient (Wildman–Crippen LogP) is 0.806. The summed E-state index contributed by atoms with van der Waals surface area (Å²) in [6.45, 7) is 3.49. The van der Waals surface area contributed by atoms with E-state index in [1.165, 1.54) is 6.26 Å². The summed E-state index contributed by atoms with van der Waals surface area (Å²) in [7, 11) is -1.41. The number of carbonyl (C=O) groups is 1. The van der Waals surface area contributed by atoms with Gasteiger partial charge in [-0.15, -0.1) is 24.0 Å². The maximum absolute atomic E-state index is 11.6. The van der Waals surface area contributed by atoms with Gasteiger partial charge in [0.2, 0.25) is 0 Å². The Kier molecular flexibility index (Phi) is 11.4. The van der Waals surface area contributed by atoms with Crippen LogP contribution in [-0.2, 0) is 16.3 Å². The number of nitrogens with zero attached hydrogens (tertiary/aromatic N) is 1. The Bertz CT molecular complexity index is 678. The van der Waals surface area contributed by atoms with E-state index in [9.17, 15) is 13.2 Å². The van der Waals surface area contributed by atoms with E-state index in [0.717, 1.165) is 12.0 Å². The number of hydrogen-bond acceptors (Lipinski definition) is 4. The minimum Gasteiger partial charge on any atom is -0.357 e. The van der Waals surface area contributed by atoms with Gasteiger partial charge in [-0.25, -0.2) is 8.42 Å². The molecule has 25 heavy (non-hydrogen) atoms. The largest absolute Gasteiger partial charge is 0.357 e. The molecule has 0 unspecified atom stereocenters. The van der Waals surface area contributed by atoms with Crippen molar-refractivity contribution in [1.82, 2.24) is 16.0 Å². The first-order valence-electron chi connectivity index (χ1n) is 7.86. The quantitative estimate of drug-likeness (QED) is 0.289. The van der Waals surface area contributed by atoms with E-state index < -0.39 is 9.84 Å². The standard InChI is InChI=1S/C16H26N4O3S.HI/c1-4-18-16(20-10-11-24(3,22)23)19-9-8-13-6-5-7-14(12-13)15(21)17-2;/h5-7,12H,4,8-11H2,1-3H3,(H,17,21)(H2,18,19,20);1H. The maximum Gasteiger partial charge on any atom is 0.251 e. The number of nitrogens with one attached hydrogen (secondary N) is 3. The number of amides is 1. The molecule has 0 atom stereocenters. The fraction of sp³-hybridized carbons (Fsp3) is 0.500. The first-order chi connectivity index (χ1) is 11.4. The van der Waals surface area contributed by atoms with E-state index in [1.54, 1.807) is 13.1 Å². The number of aliphatic imine (C=N–C) groups is 1. The van der Waals surface area contributed by atoms with Crippen molar-refractivity contribution < 1.29 is 13.2 Å². The number of hydrogen-bond donors (Lipinski definition) is 3. The Morgan fingerprint density at radius 3 is 2.56 bits per heavy atom. The molecule has 3 N–H and O–H groups in total. The van der Waals surface area contributed by atoms with Crippen molar-refractivity contribution in [2.24, 2.45) is 4.99 Å². The van der Waals surface area contributed by atoms with E-state index in [0.29, 0.717) is 24.6 Å². The van der Waals surface area contributed by atoms with Crippen molar-refractivity contribution in [3.8, 4) is 0 Å². The fourth-order valence-corrected chi connectivity index (χ4v) is 2.43. The van der Waals surface area contributed by atoms with Crippen LogP contribution in [0.3, 0.4) is 0 Å². The molecule has 1 amide bonds. The van der Waals surface area contributed by atoms with Crippen LogP contribution in [0, 0.1) is 0 Å². The van der Waals surface area contributed by atoms with Crippen LogP contribution in [-0.4, -0.2) is 59.0 Å². The van der Waals surface area contributed by atoms with E-state index >= 15 is 0 Å². The zero-order valence-electron chi connectivity index (χ0n) is 14.8. The molecule has 0 heterocycles. The van der Waals surface area contributed by atoms with Crippen LogP contribution in [0.1, 0.15) is 22.8 Å². The number of sulfone groups is 1. The highest BCUT2D eigenvalue weighted by atomic mass is 127. The first-order valence-corrected chi connectivity index (χ1v) is 9.92. The Morgan fingerprint density at radius 2 is 1.96 bits per heavy atom. The molecular formula is C16H27IN4O3S. The predicted molar refractivity (Wildman–Crippen MR) is 113 cm³/mol. The molecule has 0 saturated heterocycles. The molecule has 0 aliphatic heterocycles. The molecule has 9 heteroatoms. The lowest BCUT2D eigenvalue weighted by atomic mass is 10.1. The number of rotatable bonds is 8. The summed E-state index contributed by atoms with van der Waals surface area (Å²) in [5.41, 5.74) is 1.67. The van der Waals surface area contributed by atoms with Gasteiger partial charge in [-0.1, -0.05) is 12.1 Å². The second kappa shape index (κ2) is 12.1. The molecule has 0 saturated carbocycles. The minimum atomic E-state index is -3.01. The van der Waals surface area contributed by atoms with E-state index in [4.69, 9.17) is 0 Å². The molecule has 1 aromatic carbocycles. The van der Waals surface area contributed by atoms with Gasteiger partial charge in [0.1, 0.15) is 9.84 Å². The Hall–Kier alpha value is -1.36. The van der Waals surface area contributed by atoms with Gasteiger partial charge >= 0.3 is 0 Å². The van der Waals surface area contributed by atoms with Gasteiger partial charge in [0.25, 0.3) is 5.91 Å². The van der Waals surface area contributed by atoms with Crippen molar-refractivity contribution in [3.63, 3.8) is 0 Å². The van der Waals surface area contributed by atoms with Crippen LogP contribution in [0.4, 0.5) is 0 Å². The number of halogens is 1. The van der Waals surface area contributed by atoms with Gasteiger partial charge in [0.15, 0.2) is 5.96 Å². The van der Waals surface area contributed by atoms with Gasteiger partial charge in [0, 0.05) is 32.0 Å². The summed E-state index contributed by atoms with van der Waals surface area (Å²) >= 11 is 0. The molecule has 0 radical (unpaired) electrons. The Morgan fingerprint density at radius 1 is 1.24 bits per heavy atom. The molecule has 0 aliphatic carbocycles. The van der Waals surface area contributed by atoms with Gasteiger partial charge in [-0.05, 0) is 31.0 Å². The normalized spacial score (nSPS) is 11.4. The van der Waals surface area contributed by atoms with Gasteiger partial charge in [-0.3, -0.25) is 9.79 Å². The lowest BCUT2D eigenvalue weighted by molar-refractivity contribution is 0.0963. The average Bonchev–Trinajstić information content (AvgIpc) is 2.53. The Labute approximate surface area is 167 Å². The molecule has 0 aromatic heterocycles. The fourth-order valence-electron chi connectivity index (χ4n) is 2.00. The van der Waals surface area contributed by atoms with Crippen molar-refractivity contribution in [3.05, 3.63) is 35.4 Å². The minimum absolute atomic E-state index is 0. The number of carbonyl (C=O) groups excluding carboxylic acids is 1. The summed E-state index contributed by atoms with van der Waals surface area (Å²) in [4.78, 5) is 15.9. The first kappa shape index (κ1) is 23.6. The zero-order chi connectivity index (χ0) is 18.0. The maximum atomic E-state index is 11.6. The van der Waals surface area contributed by atoms with Gasteiger partial charge in [0.05, 0.1) is 12.3 Å².